The van der Waals surface area contributed by atoms with E-state index < -0.39 is 29.6 Å². The fraction of sp³-hybridized carbons (Fsp3) is 0.167. The highest BCUT2D eigenvalue weighted by molar-refractivity contribution is 6.27. The lowest BCUT2D eigenvalue weighted by Crippen LogP contribution is -2.39. The van der Waals surface area contributed by atoms with Gasteiger partial charge in [-0.2, -0.15) is 0 Å². The smallest absolute Gasteiger partial charge is 0.169 e. The van der Waals surface area contributed by atoms with E-state index in [2.05, 4.69) is 196 Å². The standard InChI is InChI=1S/4C12H14N2.4BFO2/c4*1-13-7-3-11(4-8-13)12-5-9-14(2)10-6-12;4*2-1(3)4/h4*3-10H,1-2H3;;;;/q4*+2;4*-2. The van der Waals surface area contributed by atoms with Crippen molar-refractivity contribution in [2.24, 2.45) is 56.4 Å². The summed E-state index contributed by atoms with van der Waals surface area (Å²) in [7, 11) is 3.51. The van der Waals surface area contributed by atoms with Crippen LogP contribution in [0.4, 0.5) is 17.3 Å². The number of aromatic nitrogens is 8. The number of rotatable bonds is 4. The molecule has 0 aromatic carbocycles. The highest BCUT2D eigenvalue weighted by Gasteiger charge is 2.04. The molecular weight excluding hydrogens is 936 g/mol. The van der Waals surface area contributed by atoms with E-state index in [1.165, 1.54) is 44.5 Å². The third-order valence-corrected chi connectivity index (χ3v) is 9.16. The molecule has 0 amide bonds. The van der Waals surface area contributed by atoms with Crippen LogP contribution in [0.25, 0.3) is 44.5 Å². The molecule has 8 aromatic heterocycles. The Morgan fingerprint density at radius 1 is 0.208 bits per heavy atom. The number of pyridine rings is 8. The summed E-state index contributed by atoms with van der Waals surface area (Å²) in [6.45, 7) is 0. The molecule has 0 N–H and O–H groups in total. The molecule has 0 radical (unpaired) electrons. The molecule has 8 heterocycles. The van der Waals surface area contributed by atoms with E-state index in [9.17, 15) is 17.3 Å². The lowest BCUT2D eigenvalue weighted by atomic mass is 10.1. The zero-order valence-electron chi connectivity index (χ0n) is 41.1. The molecule has 0 fully saturated rings. The van der Waals surface area contributed by atoms with E-state index in [4.69, 9.17) is 40.2 Å². The number of nitrogens with zero attached hydrogens (tertiary/aromatic N) is 8. The molecule has 0 spiro atoms. The van der Waals surface area contributed by atoms with Crippen molar-refractivity contribution in [2.45, 2.75) is 0 Å². The van der Waals surface area contributed by atoms with Crippen LogP contribution in [0.1, 0.15) is 0 Å². The summed E-state index contributed by atoms with van der Waals surface area (Å²) in [6, 6.07) is 33.9. The van der Waals surface area contributed by atoms with Crippen LogP contribution in [0, 0.1) is 0 Å². The minimum atomic E-state index is -3.17. The number of hydrogen-bond donors (Lipinski definition) is 0. The lowest BCUT2D eigenvalue weighted by Gasteiger charge is -2.09. The Balaban J connectivity index is 0.000000436. The second kappa shape index (κ2) is 35.0. The molecule has 0 aliphatic carbocycles. The quantitative estimate of drug-likeness (QED) is 0.0941. The summed E-state index contributed by atoms with van der Waals surface area (Å²) >= 11 is 0. The first-order valence-corrected chi connectivity index (χ1v) is 21.4. The van der Waals surface area contributed by atoms with Crippen LogP contribution < -0.4 is 76.7 Å². The van der Waals surface area contributed by atoms with Crippen LogP contribution in [0.5, 0.6) is 0 Å². The molecule has 0 saturated heterocycles. The molecule has 0 saturated carbocycles. The van der Waals surface area contributed by atoms with Gasteiger partial charge in [-0.25, -0.2) is 36.5 Å². The van der Waals surface area contributed by atoms with Gasteiger partial charge in [0.25, 0.3) is 0 Å². The van der Waals surface area contributed by atoms with E-state index >= 15 is 0 Å². The first kappa shape index (κ1) is 62.9. The number of hydrogen-bond acceptors (Lipinski definition) is 8. The van der Waals surface area contributed by atoms with Gasteiger partial charge in [-0.15, -0.1) is 0 Å². The van der Waals surface area contributed by atoms with Crippen LogP contribution in [0.15, 0.2) is 196 Å². The van der Waals surface area contributed by atoms with Crippen LogP contribution in [-0.2, 0) is 56.4 Å². The van der Waals surface area contributed by atoms with Crippen molar-refractivity contribution < 1.29 is 94.0 Å². The largest absolute Gasteiger partial charge is 0.867 e. The summed E-state index contributed by atoms with van der Waals surface area (Å²) in [5, 5.41) is 66.4. The van der Waals surface area contributed by atoms with Gasteiger partial charge in [0.1, 0.15) is 86.0 Å². The first-order valence-electron chi connectivity index (χ1n) is 21.4. The minimum Gasteiger partial charge on any atom is -0.867 e. The summed E-state index contributed by atoms with van der Waals surface area (Å²) < 4.78 is 55.8. The lowest BCUT2D eigenvalue weighted by molar-refractivity contribution is -0.671. The van der Waals surface area contributed by atoms with Gasteiger partial charge in [0, 0.05) is 97.1 Å². The first-order chi connectivity index (χ1) is 33.9. The highest BCUT2D eigenvalue weighted by Crippen LogP contribution is 2.17. The van der Waals surface area contributed by atoms with Gasteiger partial charge in [-0.05, 0) is 44.5 Å². The molecule has 0 atom stereocenters. The van der Waals surface area contributed by atoms with E-state index in [-0.39, 0.29) is 0 Å². The van der Waals surface area contributed by atoms with Gasteiger partial charge in [0.05, 0.1) is 0 Å². The van der Waals surface area contributed by atoms with Crippen molar-refractivity contribution in [3.63, 3.8) is 0 Å². The average molecular weight is 992 g/mol. The highest BCUT2D eigenvalue weighted by atomic mass is 19.1. The molecule has 16 nitrogen and oxygen atoms in total. The molecule has 24 heteroatoms. The van der Waals surface area contributed by atoms with Crippen LogP contribution in [-0.4, -0.2) is 29.6 Å². The molecular formula is C48H56B4F4N8O8. The summed E-state index contributed by atoms with van der Waals surface area (Å²) in [5.41, 5.74) is 10.0. The molecule has 376 valence electrons. The maximum atomic E-state index is 9.89. The van der Waals surface area contributed by atoms with Crippen molar-refractivity contribution in [3.05, 3.63) is 196 Å². The zero-order chi connectivity index (χ0) is 54.2. The zero-order valence-corrected chi connectivity index (χ0v) is 41.1. The normalized spacial score (nSPS) is 9.39. The van der Waals surface area contributed by atoms with E-state index in [1.54, 1.807) is 0 Å². The molecule has 0 aliphatic rings. The van der Waals surface area contributed by atoms with Crippen molar-refractivity contribution in [1.29, 1.82) is 0 Å². The molecule has 0 aliphatic heterocycles. The Bertz CT molecular complexity index is 2080. The predicted molar refractivity (Wildman–Crippen MR) is 244 cm³/mol. The summed E-state index contributed by atoms with van der Waals surface area (Å²) in [6.07, 6.45) is 32.9. The van der Waals surface area contributed by atoms with Gasteiger partial charge >= 0.3 is 0 Å². The Morgan fingerprint density at radius 2 is 0.264 bits per heavy atom. The van der Waals surface area contributed by atoms with Gasteiger partial charge < -0.3 is 57.5 Å². The van der Waals surface area contributed by atoms with E-state index in [0.717, 1.165) is 0 Å². The summed E-state index contributed by atoms with van der Waals surface area (Å²) in [5.74, 6) is 0. The number of aryl methyl sites for hydroxylation is 8. The van der Waals surface area contributed by atoms with Crippen molar-refractivity contribution in [2.75, 3.05) is 0 Å². The van der Waals surface area contributed by atoms with Crippen molar-refractivity contribution >= 4 is 29.6 Å². The Hall–Kier alpha value is -7.14. The number of halogens is 4. The minimum absolute atomic E-state index is 1.25. The molecule has 0 bridgehead atoms. The molecule has 8 aromatic rings. The monoisotopic (exact) mass is 992 g/mol. The van der Waals surface area contributed by atoms with Crippen molar-refractivity contribution in [1.82, 2.24) is 0 Å². The molecule has 8 rings (SSSR count). The van der Waals surface area contributed by atoms with Gasteiger partial charge in [0.15, 0.2) is 99.1 Å². The Morgan fingerprint density at radius 3 is 0.319 bits per heavy atom. The van der Waals surface area contributed by atoms with Gasteiger partial charge in [-0.3, -0.25) is 0 Å². The van der Waals surface area contributed by atoms with E-state index in [0.29, 0.717) is 0 Å². The molecule has 72 heavy (non-hydrogen) atoms. The van der Waals surface area contributed by atoms with Crippen molar-refractivity contribution in [3.8, 4) is 44.5 Å². The van der Waals surface area contributed by atoms with Crippen LogP contribution in [0.3, 0.4) is 0 Å². The predicted octanol–water partition coefficient (Wildman–Crippen LogP) is -5.34. The van der Waals surface area contributed by atoms with Crippen LogP contribution >= 0.6 is 0 Å². The third-order valence-electron chi connectivity index (χ3n) is 9.16. The second-order valence-electron chi connectivity index (χ2n) is 15.1. The Labute approximate surface area is 419 Å². The fourth-order valence-electron chi connectivity index (χ4n) is 5.55. The average Bonchev–Trinajstić information content (AvgIpc) is 3.31. The summed E-state index contributed by atoms with van der Waals surface area (Å²) in [4.78, 5) is 0. The maximum absolute atomic E-state index is 9.89. The third kappa shape index (κ3) is 30.5. The van der Waals surface area contributed by atoms with Crippen LogP contribution in [0.2, 0.25) is 0 Å². The SMILES string of the molecule is C[n+]1ccc(-c2cc[n+](C)cc2)cc1.C[n+]1ccc(-c2cc[n+](C)cc2)cc1.C[n+]1ccc(-c2cc[n+](C)cc2)cc1.C[n+]1ccc(-c2cc[n+](C)cc2)cc1.[O-]B([O-])F.[O-]B([O-])F.[O-]B([O-])F.[O-]B([O-])F. The maximum Gasteiger partial charge on any atom is 0.169 e. The second-order valence-corrected chi connectivity index (χ2v) is 15.1. The molecule has 0 unspecified atom stereocenters. The fourth-order valence-corrected chi connectivity index (χ4v) is 5.55. The van der Waals surface area contributed by atoms with Gasteiger partial charge in [0.2, 0.25) is 0 Å². The van der Waals surface area contributed by atoms with E-state index in [1.807, 2.05) is 92.9 Å². The topological polar surface area (TPSA) is 216 Å². The van der Waals surface area contributed by atoms with Gasteiger partial charge in [-0.1, -0.05) is 0 Å². The Kier molecular flexibility index (Phi) is 30.6.